The fraction of sp³-hybridized carbons (Fsp3) is 0.348. The van der Waals surface area contributed by atoms with E-state index in [0.717, 1.165) is 25.7 Å². The van der Waals surface area contributed by atoms with E-state index in [-0.39, 0.29) is 22.8 Å². The van der Waals surface area contributed by atoms with E-state index in [4.69, 9.17) is 9.72 Å². The van der Waals surface area contributed by atoms with Crippen LogP contribution in [0.5, 0.6) is 5.75 Å². The summed E-state index contributed by atoms with van der Waals surface area (Å²) >= 11 is 1.30. The van der Waals surface area contributed by atoms with Crippen molar-refractivity contribution in [3.8, 4) is 11.4 Å². The Balaban J connectivity index is 1.73. The Labute approximate surface area is 179 Å². The zero-order chi connectivity index (χ0) is 21.1. The van der Waals surface area contributed by atoms with Gasteiger partial charge >= 0.3 is 0 Å². The molecule has 2 aromatic carbocycles. The minimum atomic E-state index is -0.379. The molecule has 4 rings (SSSR count). The Morgan fingerprint density at radius 3 is 2.73 bits per heavy atom. The number of para-hydroxylation sites is 1. The molecule has 1 aromatic heterocycles. The van der Waals surface area contributed by atoms with Crippen molar-refractivity contribution in [2.45, 2.75) is 49.1 Å². The van der Waals surface area contributed by atoms with E-state index in [1.807, 2.05) is 43.3 Å². The van der Waals surface area contributed by atoms with Gasteiger partial charge in [0.1, 0.15) is 5.75 Å². The van der Waals surface area contributed by atoms with Crippen LogP contribution in [0, 0.1) is 0 Å². The summed E-state index contributed by atoms with van der Waals surface area (Å²) < 4.78 is 6.89. The zero-order valence-electron chi connectivity index (χ0n) is 17.1. The maximum Gasteiger partial charge on any atom is 0.266 e. The summed E-state index contributed by atoms with van der Waals surface area (Å²) in [5.41, 5.74) is 1.11. The van der Waals surface area contributed by atoms with Gasteiger partial charge in [0.25, 0.3) is 5.56 Å². The molecule has 0 radical (unpaired) electrons. The molecule has 1 N–H and O–H groups in total. The lowest BCUT2D eigenvalue weighted by atomic mass is 10.2. The molecule has 1 amide bonds. The van der Waals surface area contributed by atoms with Gasteiger partial charge in [-0.15, -0.1) is 0 Å². The number of methoxy groups -OCH3 is 1. The van der Waals surface area contributed by atoms with Crippen molar-refractivity contribution in [2.75, 3.05) is 7.11 Å². The summed E-state index contributed by atoms with van der Waals surface area (Å²) in [6, 6.07) is 14.8. The molecule has 1 aliphatic carbocycles. The maximum atomic E-state index is 13.3. The van der Waals surface area contributed by atoms with Crippen LogP contribution in [-0.4, -0.2) is 33.9 Å². The van der Waals surface area contributed by atoms with Crippen molar-refractivity contribution < 1.29 is 9.53 Å². The first kappa shape index (κ1) is 20.5. The molecule has 6 nitrogen and oxygen atoms in total. The summed E-state index contributed by atoms with van der Waals surface area (Å²) in [4.78, 5) is 30.8. The van der Waals surface area contributed by atoms with Gasteiger partial charge in [-0.3, -0.25) is 14.2 Å². The van der Waals surface area contributed by atoms with Gasteiger partial charge in [0, 0.05) is 12.1 Å². The number of fused-ring (bicyclic) bond motifs is 1. The van der Waals surface area contributed by atoms with Crippen LogP contribution in [0.25, 0.3) is 16.6 Å². The van der Waals surface area contributed by atoms with Crippen molar-refractivity contribution in [3.05, 3.63) is 58.9 Å². The molecule has 0 saturated heterocycles. The number of aromatic nitrogens is 2. The van der Waals surface area contributed by atoms with E-state index in [2.05, 4.69) is 5.32 Å². The fourth-order valence-corrected chi connectivity index (χ4v) is 4.71. The van der Waals surface area contributed by atoms with E-state index < -0.39 is 0 Å². The van der Waals surface area contributed by atoms with Crippen molar-refractivity contribution in [1.29, 1.82) is 0 Å². The van der Waals surface area contributed by atoms with E-state index in [9.17, 15) is 9.59 Å². The summed E-state index contributed by atoms with van der Waals surface area (Å²) in [5, 5.41) is 3.78. The molecule has 7 heteroatoms. The molecule has 1 atom stereocenters. The minimum Gasteiger partial charge on any atom is -0.497 e. The summed E-state index contributed by atoms with van der Waals surface area (Å²) in [6.45, 7) is 1.85. The highest BCUT2D eigenvalue weighted by atomic mass is 32.2. The van der Waals surface area contributed by atoms with Gasteiger partial charge < -0.3 is 10.1 Å². The summed E-state index contributed by atoms with van der Waals surface area (Å²) in [5.74, 6) is 0.627. The van der Waals surface area contributed by atoms with Crippen molar-refractivity contribution in [1.82, 2.24) is 14.9 Å². The molecule has 30 heavy (non-hydrogen) atoms. The van der Waals surface area contributed by atoms with Crippen LogP contribution in [0.15, 0.2) is 58.5 Å². The van der Waals surface area contributed by atoms with Gasteiger partial charge in [-0.25, -0.2) is 4.98 Å². The number of amides is 1. The molecule has 1 aliphatic rings. The molecular weight excluding hydrogens is 398 g/mol. The average molecular weight is 424 g/mol. The fourth-order valence-electron chi connectivity index (χ4n) is 3.77. The number of hydrogen-bond donors (Lipinski definition) is 1. The molecule has 0 unspecified atom stereocenters. The number of benzene rings is 2. The summed E-state index contributed by atoms with van der Waals surface area (Å²) in [7, 11) is 1.59. The number of rotatable bonds is 6. The molecule has 0 spiro atoms. The number of thioether (sulfide) groups is 1. The van der Waals surface area contributed by atoms with E-state index in [1.165, 1.54) is 11.8 Å². The Bertz CT molecular complexity index is 1120. The molecule has 1 fully saturated rings. The SMILES string of the molecule is COc1cccc(-n2c(S[C@@H](C)C(=O)NC3CCCC3)nc3ccccc3c2=O)c1. The predicted octanol–water partition coefficient (Wildman–Crippen LogP) is 3.93. The van der Waals surface area contributed by atoms with Crippen LogP contribution in [0.2, 0.25) is 0 Å². The molecule has 0 aliphatic heterocycles. The lowest BCUT2D eigenvalue weighted by Gasteiger charge is -2.18. The lowest BCUT2D eigenvalue weighted by Crippen LogP contribution is -2.38. The van der Waals surface area contributed by atoms with Gasteiger partial charge in [0.15, 0.2) is 5.16 Å². The lowest BCUT2D eigenvalue weighted by molar-refractivity contribution is -0.120. The first-order valence-electron chi connectivity index (χ1n) is 10.2. The van der Waals surface area contributed by atoms with Crippen LogP contribution in [-0.2, 0) is 4.79 Å². The number of nitrogens with zero attached hydrogens (tertiary/aromatic N) is 2. The summed E-state index contributed by atoms with van der Waals surface area (Å²) in [6.07, 6.45) is 4.39. The number of hydrogen-bond acceptors (Lipinski definition) is 5. The molecular formula is C23H25N3O3S. The molecule has 1 saturated carbocycles. The normalized spacial score (nSPS) is 15.3. The molecule has 156 valence electrons. The van der Waals surface area contributed by atoms with Gasteiger partial charge in [-0.05, 0) is 44.0 Å². The Hall–Kier alpha value is -2.80. The highest BCUT2D eigenvalue weighted by Gasteiger charge is 2.24. The number of nitrogens with one attached hydrogen (secondary N) is 1. The topological polar surface area (TPSA) is 73.2 Å². The van der Waals surface area contributed by atoms with Gasteiger partial charge in [-0.1, -0.05) is 42.8 Å². The van der Waals surface area contributed by atoms with Crippen LogP contribution >= 0.6 is 11.8 Å². The quantitative estimate of drug-likeness (QED) is 0.480. The second-order valence-electron chi connectivity index (χ2n) is 7.50. The second-order valence-corrected chi connectivity index (χ2v) is 8.81. The Morgan fingerprint density at radius 2 is 1.97 bits per heavy atom. The molecule has 1 heterocycles. The third kappa shape index (κ3) is 4.21. The smallest absolute Gasteiger partial charge is 0.266 e. The molecule has 0 bridgehead atoms. The second kappa shape index (κ2) is 8.92. The number of carbonyl (C=O) groups is 1. The van der Waals surface area contributed by atoms with Crippen LogP contribution in [0.3, 0.4) is 0 Å². The van der Waals surface area contributed by atoms with E-state index >= 15 is 0 Å². The van der Waals surface area contributed by atoms with E-state index in [0.29, 0.717) is 27.5 Å². The minimum absolute atomic E-state index is 0.0218. The molecule has 3 aromatic rings. The maximum absolute atomic E-state index is 13.3. The Kier molecular flexibility index (Phi) is 6.08. The first-order valence-corrected chi connectivity index (χ1v) is 11.1. The Morgan fingerprint density at radius 1 is 1.20 bits per heavy atom. The van der Waals surface area contributed by atoms with Gasteiger partial charge in [0.05, 0.1) is 29.0 Å². The third-order valence-corrected chi connectivity index (χ3v) is 6.46. The zero-order valence-corrected chi connectivity index (χ0v) is 17.9. The average Bonchev–Trinajstić information content (AvgIpc) is 3.27. The highest BCUT2D eigenvalue weighted by Crippen LogP contribution is 2.27. The monoisotopic (exact) mass is 423 g/mol. The predicted molar refractivity (Wildman–Crippen MR) is 120 cm³/mol. The highest BCUT2D eigenvalue weighted by molar-refractivity contribution is 8.00. The van der Waals surface area contributed by atoms with Crippen molar-refractivity contribution >= 4 is 28.6 Å². The van der Waals surface area contributed by atoms with Crippen LogP contribution in [0.1, 0.15) is 32.6 Å². The first-order chi connectivity index (χ1) is 14.6. The van der Waals surface area contributed by atoms with Crippen molar-refractivity contribution in [2.24, 2.45) is 0 Å². The van der Waals surface area contributed by atoms with Crippen LogP contribution < -0.4 is 15.6 Å². The van der Waals surface area contributed by atoms with Crippen molar-refractivity contribution in [3.63, 3.8) is 0 Å². The largest absolute Gasteiger partial charge is 0.497 e. The standard InChI is InChI=1S/C23H25N3O3S/c1-15(21(27)24-16-8-3-4-9-16)30-23-25-20-13-6-5-12-19(20)22(28)26(23)17-10-7-11-18(14-17)29-2/h5-7,10-16H,3-4,8-9H2,1-2H3,(H,24,27)/t15-/m0/s1. The third-order valence-electron chi connectivity index (χ3n) is 5.41. The van der Waals surface area contributed by atoms with Gasteiger partial charge in [-0.2, -0.15) is 0 Å². The van der Waals surface area contributed by atoms with E-state index in [1.54, 1.807) is 23.8 Å². The van der Waals surface area contributed by atoms with Crippen LogP contribution in [0.4, 0.5) is 0 Å². The number of carbonyl (C=O) groups excluding carboxylic acids is 1. The number of ether oxygens (including phenoxy) is 1. The van der Waals surface area contributed by atoms with Gasteiger partial charge in [0.2, 0.25) is 5.91 Å².